The first-order valence-corrected chi connectivity index (χ1v) is 5.64. The van der Waals surface area contributed by atoms with Crippen LogP contribution in [0.15, 0.2) is 18.3 Å². The first-order valence-electron chi connectivity index (χ1n) is 5.26. The summed E-state index contributed by atoms with van der Waals surface area (Å²) in [6, 6.07) is 6.06. The molecule has 0 unspecified atom stereocenters. The zero-order valence-electron chi connectivity index (χ0n) is 9.95. The highest BCUT2D eigenvalue weighted by Crippen LogP contribution is 2.27. The Morgan fingerprint density at radius 2 is 2.00 bits per heavy atom. The second kappa shape index (κ2) is 4.23. The van der Waals surface area contributed by atoms with E-state index in [-0.39, 0.29) is 0 Å². The van der Waals surface area contributed by atoms with Crippen LogP contribution in [0.3, 0.4) is 0 Å². The molecule has 1 heterocycles. The second-order valence-electron chi connectivity index (χ2n) is 4.08. The summed E-state index contributed by atoms with van der Waals surface area (Å²) in [6.45, 7) is 5.85. The van der Waals surface area contributed by atoms with E-state index >= 15 is 0 Å². The minimum Gasteiger partial charge on any atom is -0.235 e. The maximum atomic E-state index is 8.93. The minimum absolute atomic E-state index is 0.570. The molecule has 3 nitrogen and oxygen atoms in total. The lowest BCUT2D eigenvalue weighted by Crippen LogP contribution is -2.03. The lowest BCUT2D eigenvalue weighted by Gasteiger charge is -2.11. The van der Waals surface area contributed by atoms with Gasteiger partial charge in [-0.05, 0) is 38.0 Å². The third kappa shape index (κ3) is 1.92. The number of hydrogen-bond acceptors (Lipinski definition) is 2. The molecule has 2 rings (SSSR count). The Hall–Kier alpha value is -1.79. The monoisotopic (exact) mass is 245 g/mol. The highest BCUT2D eigenvalue weighted by molar-refractivity contribution is 6.32. The molecule has 0 fully saturated rings. The molecule has 0 saturated carbocycles. The van der Waals surface area contributed by atoms with Crippen molar-refractivity contribution in [2.24, 2.45) is 0 Å². The van der Waals surface area contributed by atoms with Crippen molar-refractivity contribution in [3.05, 3.63) is 45.7 Å². The predicted octanol–water partition coefficient (Wildman–Crippen LogP) is 3.32. The Morgan fingerprint density at radius 1 is 1.29 bits per heavy atom. The van der Waals surface area contributed by atoms with Gasteiger partial charge in [-0.15, -0.1) is 0 Å². The van der Waals surface area contributed by atoms with Crippen molar-refractivity contribution in [3.8, 4) is 11.8 Å². The number of aromatic nitrogens is 2. The molecule has 0 bridgehead atoms. The van der Waals surface area contributed by atoms with Crippen molar-refractivity contribution < 1.29 is 0 Å². The topological polar surface area (TPSA) is 41.6 Å². The van der Waals surface area contributed by atoms with E-state index in [2.05, 4.69) is 11.2 Å². The fourth-order valence-corrected chi connectivity index (χ4v) is 2.32. The molecule has 1 aromatic carbocycles. The zero-order valence-corrected chi connectivity index (χ0v) is 10.7. The van der Waals surface area contributed by atoms with Crippen molar-refractivity contribution in [1.82, 2.24) is 9.78 Å². The first kappa shape index (κ1) is 11.7. The Labute approximate surface area is 105 Å². The number of hydrogen-bond donors (Lipinski definition) is 0. The van der Waals surface area contributed by atoms with E-state index in [0.717, 1.165) is 22.5 Å². The molecule has 1 aromatic heterocycles. The van der Waals surface area contributed by atoms with E-state index in [1.54, 1.807) is 10.9 Å². The quantitative estimate of drug-likeness (QED) is 0.773. The summed E-state index contributed by atoms with van der Waals surface area (Å²) in [4.78, 5) is 0. The van der Waals surface area contributed by atoms with Gasteiger partial charge < -0.3 is 0 Å². The van der Waals surface area contributed by atoms with E-state index in [9.17, 15) is 0 Å². The molecule has 2 aromatic rings. The van der Waals surface area contributed by atoms with Gasteiger partial charge in [0.05, 0.1) is 28.2 Å². The third-order valence-electron chi connectivity index (χ3n) is 2.74. The van der Waals surface area contributed by atoms with Crippen LogP contribution in [0.1, 0.15) is 22.4 Å². The van der Waals surface area contributed by atoms with Crippen LogP contribution in [0, 0.1) is 32.1 Å². The van der Waals surface area contributed by atoms with Crippen LogP contribution in [0.25, 0.3) is 5.69 Å². The molecule has 0 amide bonds. The van der Waals surface area contributed by atoms with Gasteiger partial charge in [0.1, 0.15) is 6.07 Å². The van der Waals surface area contributed by atoms with E-state index in [4.69, 9.17) is 16.9 Å². The fourth-order valence-electron chi connectivity index (χ4n) is 1.92. The molecule has 0 aliphatic carbocycles. The van der Waals surface area contributed by atoms with Crippen LogP contribution in [-0.4, -0.2) is 9.78 Å². The predicted molar refractivity (Wildman–Crippen MR) is 67.5 cm³/mol. The van der Waals surface area contributed by atoms with E-state index in [0.29, 0.717) is 10.6 Å². The molecule has 4 heteroatoms. The van der Waals surface area contributed by atoms with Gasteiger partial charge in [-0.1, -0.05) is 17.7 Å². The molecule has 0 radical (unpaired) electrons. The van der Waals surface area contributed by atoms with Gasteiger partial charge >= 0.3 is 0 Å². The Kier molecular flexibility index (Phi) is 2.91. The van der Waals surface area contributed by atoms with E-state index < -0.39 is 0 Å². The van der Waals surface area contributed by atoms with Crippen molar-refractivity contribution in [3.63, 3.8) is 0 Å². The average Bonchev–Trinajstić information content (AvgIpc) is 2.59. The number of halogens is 1. The molecule has 0 atom stereocenters. The molecule has 86 valence electrons. The largest absolute Gasteiger partial charge is 0.235 e. The van der Waals surface area contributed by atoms with E-state index in [1.165, 1.54) is 0 Å². The van der Waals surface area contributed by atoms with Gasteiger partial charge in [0, 0.05) is 0 Å². The number of rotatable bonds is 1. The number of nitrogens with zero attached hydrogens (tertiary/aromatic N) is 3. The standard InChI is InChI=1S/C13H12ClN3/c1-8-4-9(2)13(12(14)5-8)17-10(3)11(6-15)7-16-17/h4-5,7H,1-3H3. The first-order chi connectivity index (χ1) is 8.04. The number of nitriles is 1. The molecule has 0 aliphatic rings. The van der Waals surface area contributed by atoms with Crippen LogP contribution < -0.4 is 0 Å². The summed E-state index contributed by atoms with van der Waals surface area (Å²) in [5.74, 6) is 0. The summed E-state index contributed by atoms with van der Waals surface area (Å²) < 4.78 is 1.72. The van der Waals surface area contributed by atoms with Crippen molar-refractivity contribution in [2.75, 3.05) is 0 Å². The summed E-state index contributed by atoms with van der Waals surface area (Å²) in [7, 11) is 0. The Bertz CT molecular complexity index is 597. The maximum Gasteiger partial charge on any atom is 0.103 e. The van der Waals surface area contributed by atoms with Gasteiger partial charge in [0.2, 0.25) is 0 Å². The molecular formula is C13H12ClN3. The van der Waals surface area contributed by atoms with Crippen LogP contribution in [-0.2, 0) is 0 Å². The Morgan fingerprint density at radius 3 is 2.53 bits per heavy atom. The van der Waals surface area contributed by atoms with Gasteiger partial charge in [-0.3, -0.25) is 0 Å². The van der Waals surface area contributed by atoms with Gasteiger partial charge in [-0.2, -0.15) is 10.4 Å². The zero-order chi connectivity index (χ0) is 12.6. The van der Waals surface area contributed by atoms with Crippen LogP contribution in [0.2, 0.25) is 5.02 Å². The lowest BCUT2D eigenvalue weighted by molar-refractivity contribution is 0.839. The normalized spacial score (nSPS) is 10.3. The summed E-state index contributed by atoms with van der Waals surface area (Å²) in [5.41, 5.74) is 4.38. The molecule has 0 N–H and O–H groups in total. The minimum atomic E-state index is 0.570. The highest BCUT2D eigenvalue weighted by atomic mass is 35.5. The third-order valence-corrected chi connectivity index (χ3v) is 3.03. The van der Waals surface area contributed by atoms with Crippen molar-refractivity contribution >= 4 is 11.6 Å². The van der Waals surface area contributed by atoms with Crippen molar-refractivity contribution in [2.45, 2.75) is 20.8 Å². The molecule has 0 spiro atoms. The molecule has 17 heavy (non-hydrogen) atoms. The lowest BCUT2D eigenvalue weighted by atomic mass is 10.1. The van der Waals surface area contributed by atoms with Crippen LogP contribution >= 0.6 is 11.6 Å². The maximum absolute atomic E-state index is 8.93. The smallest absolute Gasteiger partial charge is 0.103 e. The summed E-state index contributed by atoms with van der Waals surface area (Å²) >= 11 is 6.25. The van der Waals surface area contributed by atoms with E-state index in [1.807, 2.05) is 32.9 Å². The van der Waals surface area contributed by atoms with Crippen LogP contribution in [0.4, 0.5) is 0 Å². The van der Waals surface area contributed by atoms with Gasteiger partial charge in [-0.25, -0.2) is 4.68 Å². The SMILES string of the molecule is Cc1cc(C)c(-n2ncc(C#N)c2C)c(Cl)c1. The molecule has 0 aliphatic heterocycles. The Balaban J connectivity index is 2.69. The summed E-state index contributed by atoms with van der Waals surface area (Å²) in [5, 5.41) is 13.8. The van der Waals surface area contributed by atoms with Crippen LogP contribution in [0.5, 0.6) is 0 Å². The van der Waals surface area contributed by atoms with Crippen molar-refractivity contribution in [1.29, 1.82) is 5.26 Å². The van der Waals surface area contributed by atoms with Gasteiger partial charge in [0.15, 0.2) is 0 Å². The number of aryl methyl sites for hydroxylation is 2. The van der Waals surface area contributed by atoms with Gasteiger partial charge in [0.25, 0.3) is 0 Å². The summed E-state index contributed by atoms with van der Waals surface area (Å²) in [6.07, 6.45) is 1.56. The highest BCUT2D eigenvalue weighted by Gasteiger charge is 2.13. The molecule has 0 saturated heterocycles. The average molecular weight is 246 g/mol. The fraction of sp³-hybridized carbons (Fsp3) is 0.231. The molecular weight excluding hydrogens is 234 g/mol. The second-order valence-corrected chi connectivity index (χ2v) is 4.49. The number of benzene rings is 1.